The first-order chi connectivity index (χ1) is 8.95. The fraction of sp³-hybridized carbons (Fsp3) is 0.500. The summed E-state index contributed by atoms with van der Waals surface area (Å²) < 4.78 is 38.8. The molecule has 0 saturated heterocycles. The summed E-state index contributed by atoms with van der Waals surface area (Å²) in [5, 5.41) is 11.2. The Morgan fingerprint density at radius 3 is 2.74 bits per heavy atom. The van der Waals surface area contributed by atoms with Gasteiger partial charge in [0.1, 0.15) is 5.01 Å². The van der Waals surface area contributed by atoms with Gasteiger partial charge in [0.25, 0.3) is 5.82 Å². The normalized spacial score (nSPS) is 18.0. The van der Waals surface area contributed by atoms with E-state index in [1.807, 2.05) is 13.1 Å². The first kappa shape index (κ1) is 12.5. The van der Waals surface area contributed by atoms with Gasteiger partial charge in [-0.25, -0.2) is 0 Å². The number of alkyl halides is 3. The molecule has 0 fully saturated rings. The Morgan fingerprint density at radius 2 is 2.11 bits per heavy atom. The van der Waals surface area contributed by atoms with E-state index in [0.29, 0.717) is 5.01 Å². The number of likely N-dealkylation sites (N-methyl/N-ethyl adjacent to an activating group) is 1. The van der Waals surface area contributed by atoms with Crippen molar-refractivity contribution >= 4 is 21.9 Å². The Bertz CT molecular complexity index is 641. The van der Waals surface area contributed by atoms with Gasteiger partial charge in [-0.1, -0.05) is 17.4 Å². The van der Waals surface area contributed by atoms with Gasteiger partial charge in [0.05, 0.1) is 0 Å². The van der Waals surface area contributed by atoms with E-state index in [0.717, 1.165) is 40.9 Å². The molecule has 19 heavy (non-hydrogen) atoms. The molecule has 0 radical (unpaired) electrons. The van der Waals surface area contributed by atoms with Crippen LogP contribution in [0, 0.1) is 0 Å². The van der Waals surface area contributed by atoms with E-state index < -0.39 is 12.0 Å². The van der Waals surface area contributed by atoms with Crippen molar-refractivity contribution in [1.82, 2.24) is 24.7 Å². The standard InChI is InChI=1S/C10H10F3N5S/c1-17-4-2-6(3-5-17)7-16-18-8(10(11,12)13)14-15-9(18)19-7/h2H,3-5H2,1H3. The predicted molar refractivity (Wildman–Crippen MR) is 63.8 cm³/mol. The lowest BCUT2D eigenvalue weighted by Gasteiger charge is -2.20. The lowest BCUT2D eigenvalue weighted by molar-refractivity contribution is -0.146. The van der Waals surface area contributed by atoms with Gasteiger partial charge in [0.15, 0.2) is 0 Å². The molecular formula is C10H10F3N5S. The molecule has 3 rings (SSSR count). The zero-order valence-corrected chi connectivity index (χ0v) is 10.8. The number of hydrogen-bond donors (Lipinski definition) is 0. The van der Waals surface area contributed by atoms with Crippen LogP contribution in [0.2, 0.25) is 0 Å². The number of halogens is 3. The molecule has 0 atom stereocenters. The van der Waals surface area contributed by atoms with Gasteiger partial charge < -0.3 is 4.90 Å². The summed E-state index contributed by atoms with van der Waals surface area (Å²) in [5.41, 5.74) is 0.974. The second-order valence-corrected chi connectivity index (χ2v) is 5.32. The van der Waals surface area contributed by atoms with E-state index in [4.69, 9.17) is 0 Å². The minimum atomic E-state index is -4.54. The molecule has 3 heterocycles. The molecule has 2 aromatic heterocycles. The molecule has 1 aliphatic heterocycles. The van der Waals surface area contributed by atoms with Crippen molar-refractivity contribution in [2.75, 3.05) is 20.1 Å². The Morgan fingerprint density at radius 1 is 1.32 bits per heavy atom. The van der Waals surface area contributed by atoms with E-state index >= 15 is 0 Å². The largest absolute Gasteiger partial charge is 0.453 e. The highest BCUT2D eigenvalue weighted by Gasteiger charge is 2.38. The van der Waals surface area contributed by atoms with E-state index in [1.54, 1.807) is 0 Å². The van der Waals surface area contributed by atoms with Gasteiger partial charge in [-0.05, 0) is 19.0 Å². The van der Waals surface area contributed by atoms with Crippen LogP contribution in [0.25, 0.3) is 10.5 Å². The van der Waals surface area contributed by atoms with Crippen molar-refractivity contribution in [3.8, 4) is 0 Å². The molecular weight excluding hydrogens is 279 g/mol. The maximum absolute atomic E-state index is 12.7. The molecule has 0 spiro atoms. The molecule has 0 bridgehead atoms. The van der Waals surface area contributed by atoms with Crippen molar-refractivity contribution in [1.29, 1.82) is 0 Å². The van der Waals surface area contributed by atoms with E-state index in [-0.39, 0.29) is 4.96 Å². The third-order valence-corrected chi connectivity index (χ3v) is 3.91. The maximum Gasteiger partial charge on any atom is 0.453 e. The van der Waals surface area contributed by atoms with Crippen LogP contribution in [-0.2, 0) is 6.18 Å². The van der Waals surface area contributed by atoms with Crippen LogP contribution in [0.3, 0.4) is 0 Å². The average molecular weight is 289 g/mol. The Balaban J connectivity index is 2.01. The molecule has 0 aromatic carbocycles. The van der Waals surface area contributed by atoms with Crippen LogP contribution in [0.1, 0.15) is 17.3 Å². The highest BCUT2D eigenvalue weighted by atomic mass is 32.1. The van der Waals surface area contributed by atoms with Crippen molar-refractivity contribution in [2.24, 2.45) is 0 Å². The topological polar surface area (TPSA) is 46.3 Å². The van der Waals surface area contributed by atoms with Crippen LogP contribution >= 0.6 is 11.3 Å². The van der Waals surface area contributed by atoms with Gasteiger partial charge >= 0.3 is 6.18 Å². The van der Waals surface area contributed by atoms with Gasteiger partial charge in [0, 0.05) is 13.1 Å². The summed E-state index contributed by atoms with van der Waals surface area (Å²) in [6, 6.07) is 0. The molecule has 0 aliphatic carbocycles. The number of hydrogen-bond acceptors (Lipinski definition) is 5. The van der Waals surface area contributed by atoms with Crippen molar-refractivity contribution in [3.05, 3.63) is 16.9 Å². The highest BCUT2D eigenvalue weighted by Crippen LogP contribution is 2.31. The zero-order valence-electron chi connectivity index (χ0n) is 9.98. The maximum atomic E-state index is 12.7. The van der Waals surface area contributed by atoms with Crippen molar-refractivity contribution in [3.63, 3.8) is 0 Å². The third-order valence-electron chi connectivity index (χ3n) is 2.93. The van der Waals surface area contributed by atoms with Gasteiger partial charge in [0.2, 0.25) is 4.96 Å². The molecule has 1 aliphatic rings. The highest BCUT2D eigenvalue weighted by molar-refractivity contribution is 7.17. The van der Waals surface area contributed by atoms with Gasteiger partial charge in [-0.3, -0.25) is 0 Å². The number of nitrogens with zero attached hydrogens (tertiary/aromatic N) is 5. The molecule has 2 aromatic rings. The lowest BCUT2D eigenvalue weighted by atomic mass is 10.1. The fourth-order valence-electron chi connectivity index (χ4n) is 1.89. The Kier molecular flexibility index (Phi) is 2.82. The summed E-state index contributed by atoms with van der Waals surface area (Å²) in [4.78, 5) is 2.30. The molecule has 5 nitrogen and oxygen atoms in total. The van der Waals surface area contributed by atoms with E-state index in [9.17, 15) is 13.2 Å². The van der Waals surface area contributed by atoms with Crippen LogP contribution in [0.4, 0.5) is 13.2 Å². The molecule has 0 saturated carbocycles. The molecule has 0 N–H and O–H groups in total. The molecule has 102 valence electrons. The van der Waals surface area contributed by atoms with Gasteiger partial charge in [-0.15, -0.1) is 10.2 Å². The Labute approximate surface area is 110 Å². The average Bonchev–Trinajstić information content (AvgIpc) is 2.87. The number of fused-ring (bicyclic) bond motifs is 1. The van der Waals surface area contributed by atoms with E-state index in [1.165, 1.54) is 0 Å². The fourth-order valence-corrected chi connectivity index (χ4v) is 2.80. The number of aromatic nitrogens is 4. The lowest BCUT2D eigenvalue weighted by Crippen LogP contribution is -2.23. The second kappa shape index (κ2) is 4.27. The van der Waals surface area contributed by atoms with Crippen LogP contribution in [-0.4, -0.2) is 44.8 Å². The van der Waals surface area contributed by atoms with Crippen LogP contribution in [0.5, 0.6) is 0 Å². The first-order valence-corrected chi connectivity index (χ1v) is 6.44. The Hall–Kier alpha value is -1.48. The smallest absolute Gasteiger partial charge is 0.302 e. The SMILES string of the molecule is CN1CC=C(c2nn3c(C(F)(F)F)nnc3s2)CC1. The number of rotatable bonds is 1. The minimum absolute atomic E-state index is 0.169. The first-order valence-electron chi connectivity index (χ1n) is 5.62. The van der Waals surface area contributed by atoms with Crippen molar-refractivity contribution < 1.29 is 13.2 Å². The zero-order chi connectivity index (χ0) is 13.6. The van der Waals surface area contributed by atoms with Crippen LogP contribution < -0.4 is 0 Å². The second-order valence-electron chi connectivity index (χ2n) is 4.36. The summed E-state index contributed by atoms with van der Waals surface area (Å²) in [6.45, 7) is 1.65. The predicted octanol–water partition coefficient (Wildman–Crippen LogP) is 1.92. The van der Waals surface area contributed by atoms with E-state index in [2.05, 4.69) is 20.2 Å². The monoisotopic (exact) mass is 289 g/mol. The summed E-state index contributed by atoms with van der Waals surface area (Å²) >= 11 is 1.13. The molecule has 0 amide bonds. The minimum Gasteiger partial charge on any atom is -0.302 e. The summed E-state index contributed by atoms with van der Waals surface area (Å²) in [7, 11) is 1.99. The summed E-state index contributed by atoms with van der Waals surface area (Å²) in [5.74, 6) is -1.07. The van der Waals surface area contributed by atoms with Crippen LogP contribution in [0.15, 0.2) is 6.08 Å². The van der Waals surface area contributed by atoms with Gasteiger partial charge in [-0.2, -0.15) is 22.8 Å². The molecule has 9 heteroatoms. The third kappa shape index (κ3) is 2.23. The molecule has 0 unspecified atom stereocenters. The quantitative estimate of drug-likeness (QED) is 0.804. The van der Waals surface area contributed by atoms with Crippen molar-refractivity contribution in [2.45, 2.75) is 12.6 Å². The summed E-state index contributed by atoms with van der Waals surface area (Å²) in [6.07, 6.45) is -1.77.